The van der Waals surface area contributed by atoms with Crippen LogP contribution < -0.4 is 0 Å². The SMILES string of the molecule is COC(=O)[C@H](C(C)C)N1Cc2nnn(CC3CCCCC3)c2-c2cc(F)ccc2S1(=O)=O. The molecule has 0 amide bonds. The van der Waals surface area contributed by atoms with Crippen molar-refractivity contribution in [2.24, 2.45) is 11.8 Å². The highest BCUT2D eigenvalue weighted by atomic mass is 32.2. The zero-order valence-corrected chi connectivity index (χ0v) is 19.4. The van der Waals surface area contributed by atoms with E-state index in [-0.39, 0.29) is 22.9 Å². The van der Waals surface area contributed by atoms with Crippen molar-refractivity contribution in [3.63, 3.8) is 0 Å². The summed E-state index contributed by atoms with van der Waals surface area (Å²) in [6, 6.07) is 2.56. The minimum atomic E-state index is -4.14. The van der Waals surface area contributed by atoms with Crippen LogP contribution in [0.25, 0.3) is 11.3 Å². The van der Waals surface area contributed by atoms with Crippen LogP contribution in [0, 0.1) is 17.7 Å². The number of esters is 1. The molecule has 1 saturated carbocycles. The first-order chi connectivity index (χ1) is 15.2. The van der Waals surface area contributed by atoms with Gasteiger partial charge in [-0.1, -0.05) is 38.3 Å². The second kappa shape index (κ2) is 8.90. The number of hydrogen-bond donors (Lipinski definition) is 0. The number of ether oxygens (including phenoxy) is 1. The van der Waals surface area contributed by atoms with E-state index in [0.29, 0.717) is 23.9 Å². The Morgan fingerprint density at radius 3 is 2.62 bits per heavy atom. The van der Waals surface area contributed by atoms with E-state index in [1.807, 2.05) is 0 Å². The van der Waals surface area contributed by atoms with Crippen LogP contribution in [0.4, 0.5) is 4.39 Å². The molecule has 1 aromatic carbocycles. The fraction of sp³-hybridized carbons (Fsp3) is 0.591. The normalized spacial score (nSPS) is 19.8. The van der Waals surface area contributed by atoms with Crippen molar-refractivity contribution in [2.75, 3.05) is 7.11 Å². The Morgan fingerprint density at radius 2 is 1.97 bits per heavy atom. The Kier molecular flexibility index (Phi) is 6.35. The van der Waals surface area contributed by atoms with E-state index in [4.69, 9.17) is 4.74 Å². The van der Waals surface area contributed by atoms with Gasteiger partial charge in [0.25, 0.3) is 0 Å². The molecule has 1 atom stereocenters. The fourth-order valence-corrected chi connectivity index (χ4v) is 6.70. The molecule has 0 bridgehead atoms. The van der Waals surface area contributed by atoms with Crippen molar-refractivity contribution >= 4 is 16.0 Å². The molecule has 1 aliphatic heterocycles. The summed E-state index contributed by atoms with van der Waals surface area (Å²) in [5, 5.41) is 8.61. The van der Waals surface area contributed by atoms with Gasteiger partial charge in [0.15, 0.2) is 0 Å². The quantitative estimate of drug-likeness (QED) is 0.630. The van der Waals surface area contributed by atoms with Crippen LogP contribution >= 0.6 is 0 Å². The molecule has 0 spiro atoms. The topological polar surface area (TPSA) is 94.4 Å². The second-order valence-corrected chi connectivity index (χ2v) is 10.8. The maximum absolute atomic E-state index is 14.3. The third kappa shape index (κ3) is 4.05. The van der Waals surface area contributed by atoms with Crippen LogP contribution in [-0.4, -0.2) is 46.8 Å². The molecule has 0 N–H and O–H groups in total. The lowest BCUT2D eigenvalue weighted by molar-refractivity contribution is -0.146. The highest BCUT2D eigenvalue weighted by Gasteiger charge is 2.43. The number of nitrogens with zero attached hydrogens (tertiary/aromatic N) is 4. The van der Waals surface area contributed by atoms with Crippen LogP contribution in [-0.2, 0) is 32.6 Å². The van der Waals surface area contributed by atoms with Crippen LogP contribution in [0.2, 0.25) is 0 Å². The van der Waals surface area contributed by atoms with E-state index >= 15 is 0 Å². The predicted molar refractivity (Wildman–Crippen MR) is 115 cm³/mol. The van der Waals surface area contributed by atoms with Crippen molar-refractivity contribution in [2.45, 2.75) is 70.0 Å². The molecular formula is C22H29FN4O4S. The number of benzene rings is 1. The Hall–Kier alpha value is -2.33. The molecular weight excluding hydrogens is 435 g/mol. The van der Waals surface area contributed by atoms with Crippen molar-refractivity contribution in [3.05, 3.63) is 29.7 Å². The second-order valence-electron chi connectivity index (χ2n) is 8.97. The van der Waals surface area contributed by atoms with E-state index in [1.165, 1.54) is 25.7 Å². The zero-order valence-electron chi connectivity index (χ0n) is 18.6. The van der Waals surface area contributed by atoms with Crippen LogP contribution in [0.5, 0.6) is 0 Å². The molecule has 10 heteroatoms. The molecule has 2 aromatic rings. The first-order valence-electron chi connectivity index (χ1n) is 11.1. The molecule has 174 valence electrons. The Bertz CT molecular complexity index is 1110. The molecule has 1 aromatic heterocycles. The lowest BCUT2D eigenvalue weighted by atomic mass is 9.89. The summed E-state index contributed by atoms with van der Waals surface area (Å²) in [6.45, 7) is 3.97. The highest BCUT2D eigenvalue weighted by molar-refractivity contribution is 7.89. The summed E-state index contributed by atoms with van der Waals surface area (Å²) in [7, 11) is -2.90. The average Bonchev–Trinajstić information content (AvgIpc) is 3.11. The van der Waals surface area contributed by atoms with Crippen molar-refractivity contribution < 1.29 is 22.3 Å². The number of fused-ring (bicyclic) bond motifs is 3. The Balaban J connectivity index is 1.87. The van der Waals surface area contributed by atoms with Gasteiger partial charge in [-0.3, -0.25) is 4.79 Å². The molecule has 8 nitrogen and oxygen atoms in total. The van der Waals surface area contributed by atoms with Gasteiger partial charge >= 0.3 is 5.97 Å². The minimum Gasteiger partial charge on any atom is -0.468 e. The fourth-order valence-electron chi connectivity index (χ4n) is 4.85. The monoisotopic (exact) mass is 464 g/mol. The van der Waals surface area contributed by atoms with Crippen LogP contribution in [0.15, 0.2) is 23.1 Å². The lowest BCUT2D eigenvalue weighted by Crippen LogP contribution is -2.47. The lowest BCUT2D eigenvalue weighted by Gasteiger charge is -2.30. The Morgan fingerprint density at radius 1 is 1.25 bits per heavy atom. The first-order valence-corrected chi connectivity index (χ1v) is 12.5. The van der Waals surface area contributed by atoms with Crippen LogP contribution in [0.3, 0.4) is 0 Å². The van der Waals surface area contributed by atoms with E-state index in [0.717, 1.165) is 36.1 Å². The summed E-state index contributed by atoms with van der Waals surface area (Å²) in [5.74, 6) is -1.12. The largest absolute Gasteiger partial charge is 0.468 e. The molecule has 0 saturated heterocycles. The highest BCUT2D eigenvalue weighted by Crippen LogP contribution is 2.39. The zero-order chi connectivity index (χ0) is 23.0. The number of hydrogen-bond acceptors (Lipinski definition) is 6. The summed E-state index contributed by atoms with van der Waals surface area (Å²) < 4.78 is 49.5. The standard InChI is InChI=1S/C22H29FN4O4S/c1-14(2)20(22(28)31-3)27-13-18-21(17-11-16(23)9-10-19(17)32(27,29)30)26(25-24-18)12-15-7-5-4-6-8-15/h9-11,14-15,20H,4-8,12-13H2,1-3H3/t20-/m0/s1. The summed E-state index contributed by atoms with van der Waals surface area (Å²) in [6.07, 6.45) is 5.69. The Labute approximate surface area is 187 Å². The average molecular weight is 465 g/mol. The third-order valence-electron chi connectivity index (χ3n) is 6.43. The summed E-state index contributed by atoms with van der Waals surface area (Å²) in [5.41, 5.74) is 1.14. The van der Waals surface area contributed by atoms with E-state index in [2.05, 4.69) is 10.3 Å². The molecule has 2 heterocycles. The smallest absolute Gasteiger partial charge is 0.324 e. The summed E-state index contributed by atoms with van der Waals surface area (Å²) in [4.78, 5) is 12.5. The van der Waals surface area contributed by atoms with E-state index in [9.17, 15) is 17.6 Å². The third-order valence-corrected chi connectivity index (χ3v) is 8.32. The number of halogens is 1. The van der Waals surface area contributed by atoms with Gasteiger partial charge in [0.2, 0.25) is 10.0 Å². The summed E-state index contributed by atoms with van der Waals surface area (Å²) >= 11 is 0. The molecule has 2 aliphatic rings. The van der Waals surface area contributed by atoms with Gasteiger partial charge in [-0.05, 0) is 42.9 Å². The van der Waals surface area contributed by atoms with Crippen molar-refractivity contribution in [3.8, 4) is 11.3 Å². The number of carbonyl (C=O) groups excluding carboxylic acids is 1. The van der Waals surface area contributed by atoms with Gasteiger partial charge in [-0.25, -0.2) is 17.5 Å². The van der Waals surface area contributed by atoms with Gasteiger partial charge < -0.3 is 4.74 Å². The van der Waals surface area contributed by atoms with Gasteiger partial charge in [0, 0.05) is 12.1 Å². The molecule has 4 rings (SSSR count). The van der Waals surface area contributed by atoms with Gasteiger partial charge in [0.05, 0.1) is 24.2 Å². The van der Waals surface area contributed by atoms with Crippen molar-refractivity contribution in [1.82, 2.24) is 19.3 Å². The van der Waals surface area contributed by atoms with E-state index in [1.54, 1.807) is 18.5 Å². The number of rotatable bonds is 5. The van der Waals surface area contributed by atoms with Crippen LogP contribution in [0.1, 0.15) is 51.6 Å². The molecule has 32 heavy (non-hydrogen) atoms. The van der Waals surface area contributed by atoms with Gasteiger partial charge in [-0.15, -0.1) is 5.10 Å². The maximum atomic E-state index is 14.3. The number of carbonyl (C=O) groups is 1. The van der Waals surface area contributed by atoms with Crippen molar-refractivity contribution in [1.29, 1.82) is 0 Å². The van der Waals surface area contributed by atoms with Gasteiger partial charge in [0.1, 0.15) is 17.6 Å². The number of sulfonamides is 1. The first kappa shape index (κ1) is 22.8. The maximum Gasteiger partial charge on any atom is 0.324 e. The molecule has 1 aliphatic carbocycles. The molecule has 1 fully saturated rings. The van der Waals surface area contributed by atoms with E-state index < -0.39 is 27.9 Å². The molecule has 0 radical (unpaired) electrons. The molecule has 0 unspecified atom stereocenters. The van der Waals surface area contributed by atoms with Gasteiger partial charge in [-0.2, -0.15) is 4.31 Å². The number of aromatic nitrogens is 3. The minimum absolute atomic E-state index is 0.0561. The predicted octanol–water partition coefficient (Wildman–Crippen LogP) is 3.37. The number of methoxy groups -OCH3 is 1.